The molecule has 1 aromatic rings. The molecule has 1 N–H and O–H groups in total. The zero-order chi connectivity index (χ0) is 13.7. The molecule has 0 bridgehead atoms. The fraction of sp³-hybridized carbons (Fsp3) is 0.786. The van der Waals surface area contributed by atoms with Crippen molar-refractivity contribution in [2.24, 2.45) is 0 Å². The van der Waals surface area contributed by atoms with Crippen LogP contribution in [-0.2, 0) is 13.0 Å². The minimum absolute atomic E-state index is 0.620. The number of rotatable bonds is 6. The van der Waals surface area contributed by atoms with Crippen LogP contribution in [0.15, 0.2) is 0 Å². The molecule has 2 atom stereocenters. The molecule has 0 aliphatic carbocycles. The van der Waals surface area contributed by atoms with E-state index in [2.05, 4.69) is 49.6 Å². The van der Waals surface area contributed by atoms with Gasteiger partial charge in [-0.2, -0.15) is 11.8 Å². The highest BCUT2D eigenvalue weighted by Crippen LogP contribution is 2.45. The molecule has 5 heteroatoms. The third-order valence-corrected chi connectivity index (χ3v) is 7.95. The van der Waals surface area contributed by atoms with E-state index in [1.807, 2.05) is 11.3 Å². The van der Waals surface area contributed by atoms with Crippen LogP contribution >= 0.6 is 34.9 Å². The topological polar surface area (TPSA) is 24.9 Å². The Hall–Kier alpha value is 0.290. The standard InChI is InChI=1S/C14H24N2S3/c1-4-10-12(9-15-6-3)19-14(16-10)13-11(5-2)17-7-8-18-13/h11,13,15H,4-9H2,1-3H3. The van der Waals surface area contributed by atoms with Gasteiger partial charge in [-0.05, 0) is 19.4 Å². The Balaban J connectivity index is 2.16. The zero-order valence-corrected chi connectivity index (χ0v) is 14.5. The first-order chi connectivity index (χ1) is 9.30. The quantitative estimate of drug-likeness (QED) is 0.853. The van der Waals surface area contributed by atoms with Crippen molar-refractivity contribution in [3.8, 4) is 0 Å². The molecule has 19 heavy (non-hydrogen) atoms. The highest BCUT2D eigenvalue weighted by Gasteiger charge is 2.29. The van der Waals surface area contributed by atoms with Crippen LogP contribution in [-0.4, -0.2) is 28.3 Å². The Bertz CT molecular complexity index is 392. The molecule has 108 valence electrons. The third kappa shape index (κ3) is 3.90. The largest absolute Gasteiger partial charge is 0.312 e. The van der Waals surface area contributed by atoms with Crippen LogP contribution in [0.1, 0.15) is 48.0 Å². The average Bonchev–Trinajstić information content (AvgIpc) is 2.88. The number of aryl methyl sites for hydroxylation is 1. The van der Waals surface area contributed by atoms with Crippen molar-refractivity contribution in [1.29, 1.82) is 0 Å². The Morgan fingerprint density at radius 2 is 2.00 bits per heavy atom. The van der Waals surface area contributed by atoms with Gasteiger partial charge < -0.3 is 5.32 Å². The number of hydrogen-bond acceptors (Lipinski definition) is 5. The summed E-state index contributed by atoms with van der Waals surface area (Å²) in [5, 5.41) is 6.18. The second kappa shape index (κ2) is 7.91. The average molecular weight is 317 g/mol. The molecular formula is C14H24N2S3. The molecule has 2 rings (SSSR count). The van der Waals surface area contributed by atoms with E-state index in [0.29, 0.717) is 5.25 Å². The number of thioether (sulfide) groups is 2. The summed E-state index contributed by atoms with van der Waals surface area (Å²) in [6, 6.07) is 0. The minimum Gasteiger partial charge on any atom is -0.312 e. The molecule has 1 aromatic heterocycles. The van der Waals surface area contributed by atoms with E-state index in [1.165, 1.54) is 33.5 Å². The lowest BCUT2D eigenvalue weighted by molar-refractivity contribution is 0.726. The van der Waals surface area contributed by atoms with E-state index < -0.39 is 0 Å². The first-order valence-electron chi connectivity index (χ1n) is 7.22. The van der Waals surface area contributed by atoms with Crippen molar-refractivity contribution in [2.45, 2.75) is 50.7 Å². The number of aromatic nitrogens is 1. The first-order valence-corrected chi connectivity index (χ1v) is 10.1. The summed E-state index contributed by atoms with van der Waals surface area (Å²) >= 11 is 6.19. The summed E-state index contributed by atoms with van der Waals surface area (Å²) in [5.41, 5.74) is 1.31. The van der Waals surface area contributed by atoms with Crippen LogP contribution in [0.5, 0.6) is 0 Å². The van der Waals surface area contributed by atoms with Gasteiger partial charge in [0, 0.05) is 28.2 Å². The van der Waals surface area contributed by atoms with Gasteiger partial charge in [0.1, 0.15) is 5.01 Å². The maximum Gasteiger partial charge on any atom is 0.107 e. The minimum atomic E-state index is 0.620. The fourth-order valence-corrected chi connectivity index (χ4v) is 6.85. The van der Waals surface area contributed by atoms with E-state index >= 15 is 0 Å². The molecule has 0 radical (unpaired) electrons. The van der Waals surface area contributed by atoms with E-state index in [1.54, 1.807) is 0 Å². The molecular weight excluding hydrogens is 292 g/mol. The lowest BCUT2D eigenvalue weighted by atomic mass is 10.2. The maximum atomic E-state index is 4.95. The van der Waals surface area contributed by atoms with E-state index in [-0.39, 0.29) is 0 Å². The molecule has 1 saturated heterocycles. The van der Waals surface area contributed by atoms with Gasteiger partial charge >= 0.3 is 0 Å². The molecule has 0 spiro atoms. The predicted octanol–water partition coefficient (Wildman–Crippen LogP) is 4.11. The van der Waals surface area contributed by atoms with Gasteiger partial charge in [-0.3, -0.25) is 0 Å². The van der Waals surface area contributed by atoms with Crippen LogP contribution in [0.2, 0.25) is 0 Å². The normalized spacial score (nSPS) is 23.7. The Morgan fingerprint density at radius 3 is 2.68 bits per heavy atom. The van der Waals surface area contributed by atoms with Gasteiger partial charge in [0.25, 0.3) is 0 Å². The highest BCUT2D eigenvalue weighted by molar-refractivity contribution is 8.06. The number of nitrogens with zero attached hydrogens (tertiary/aromatic N) is 1. The maximum absolute atomic E-state index is 4.95. The monoisotopic (exact) mass is 316 g/mol. The summed E-state index contributed by atoms with van der Waals surface area (Å²) in [6.07, 6.45) is 2.31. The Kier molecular flexibility index (Phi) is 6.53. The lowest BCUT2D eigenvalue weighted by Gasteiger charge is -2.28. The summed E-state index contributed by atoms with van der Waals surface area (Å²) in [4.78, 5) is 6.40. The third-order valence-electron chi connectivity index (χ3n) is 3.36. The van der Waals surface area contributed by atoms with Crippen LogP contribution in [0.4, 0.5) is 0 Å². The van der Waals surface area contributed by atoms with Gasteiger partial charge in [-0.15, -0.1) is 23.1 Å². The van der Waals surface area contributed by atoms with Crippen molar-refractivity contribution in [2.75, 3.05) is 18.1 Å². The summed E-state index contributed by atoms with van der Waals surface area (Å²) in [7, 11) is 0. The van der Waals surface area contributed by atoms with Gasteiger partial charge in [0.15, 0.2) is 0 Å². The van der Waals surface area contributed by atoms with Gasteiger partial charge in [-0.1, -0.05) is 20.8 Å². The number of thiazole rings is 1. The molecule has 1 aliphatic heterocycles. The van der Waals surface area contributed by atoms with Crippen LogP contribution < -0.4 is 5.32 Å². The highest BCUT2D eigenvalue weighted by atomic mass is 32.2. The SMILES string of the molecule is CCNCc1sc(C2SCCSC2CC)nc1CC. The van der Waals surface area contributed by atoms with Crippen molar-refractivity contribution >= 4 is 34.9 Å². The van der Waals surface area contributed by atoms with Gasteiger partial charge in [-0.25, -0.2) is 4.98 Å². The molecule has 2 heterocycles. The molecule has 2 nitrogen and oxygen atoms in total. The molecule has 0 aromatic carbocycles. The number of nitrogens with one attached hydrogen (secondary N) is 1. The van der Waals surface area contributed by atoms with Crippen LogP contribution in [0.25, 0.3) is 0 Å². The molecule has 1 fully saturated rings. The lowest BCUT2D eigenvalue weighted by Crippen LogP contribution is -2.18. The predicted molar refractivity (Wildman–Crippen MR) is 90.6 cm³/mol. The summed E-state index contributed by atoms with van der Waals surface area (Å²) in [6.45, 7) is 8.70. The van der Waals surface area contributed by atoms with Crippen molar-refractivity contribution in [3.63, 3.8) is 0 Å². The van der Waals surface area contributed by atoms with Gasteiger partial charge in [0.2, 0.25) is 0 Å². The van der Waals surface area contributed by atoms with Gasteiger partial charge in [0.05, 0.1) is 10.9 Å². The van der Waals surface area contributed by atoms with E-state index in [0.717, 1.165) is 24.8 Å². The zero-order valence-electron chi connectivity index (χ0n) is 12.1. The second-order valence-corrected chi connectivity index (χ2v) is 8.38. The van der Waals surface area contributed by atoms with Crippen molar-refractivity contribution in [3.05, 3.63) is 15.6 Å². The van der Waals surface area contributed by atoms with Crippen molar-refractivity contribution < 1.29 is 0 Å². The molecule has 0 amide bonds. The van der Waals surface area contributed by atoms with Crippen LogP contribution in [0, 0.1) is 0 Å². The summed E-state index contributed by atoms with van der Waals surface area (Å²) in [5.74, 6) is 2.57. The van der Waals surface area contributed by atoms with Crippen molar-refractivity contribution in [1.82, 2.24) is 10.3 Å². The Labute approximate surface area is 129 Å². The molecule has 2 unspecified atom stereocenters. The smallest absolute Gasteiger partial charge is 0.107 e. The first kappa shape index (κ1) is 15.7. The van der Waals surface area contributed by atoms with E-state index in [4.69, 9.17) is 4.98 Å². The van der Waals surface area contributed by atoms with Crippen LogP contribution in [0.3, 0.4) is 0 Å². The molecule has 1 aliphatic rings. The molecule has 0 saturated carbocycles. The number of hydrogen-bond donors (Lipinski definition) is 1. The second-order valence-electron chi connectivity index (χ2n) is 4.66. The summed E-state index contributed by atoms with van der Waals surface area (Å²) < 4.78 is 0. The Morgan fingerprint density at radius 1 is 1.21 bits per heavy atom. The van der Waals surface area contributed by atoms with E-state index in [9.17, 15) is 0 Å². The fourth-order valence-electron chi connectivity index (χ4n) is 2.31.